The highest BCUT2D eigenvalue weighted by Gasteiger charge is 2.30. The first kappa shape index (κ1) is 27.7. The van der Waals surface area contributed by atoms with Crippen molar-refractivity contribution in [3.05, 3.63) is 72.4 Å². The Hall–Kier alpha value is -2.38. The van der Waals surface area contributed by atoms with Crippen LogP contribution in [0.4, 0.5) is 0 Å². The smallest absolute Gasteiger partial charge is 0.137 e. The average molecular weight is 442 g/mol. The van der Waals surface area contributed by atoms with Crippen LogP contribution in [-0.4, -0.2) is 71.5 Å². The van der Waals surface area contributed by atoms with Gasteiger partial charge in [-0.15, -0.1) is 6.58 Å². The van der Waals surface area contributed by atoms with E-state index in [1.165, 1.54) is 0 Å². The zero-order chi connectivity index (χ0) is 23.8. The summed E-state index contributed by atoms with van der Waals surface area (Å²) in [4.78, 5) is 25.6. The largest absolute Gasteiger partial charge is 0.392 e. The number of rotatable bonds is 17. The molecule has 0 aliphatic rings. The number of hydrogen-bond donors (Lipinski definition) is 1. The molecule has 0 aliphatic heterocycles. The molecule has 6 nitrogen and oxygen atoms in total. The van der Waals surface area contributed by atoms with Gasteiger partial charge in [-0.25, -0.2) is 10.0 Å². The lowest BCUT2D eigenvalue weighted by Crippen LogP contribution is -2.57. The van der Waals surface area contributed by atoms with Crippen LogP contribution in [0.1, 0.15) is 38.7 Å². The van der Waals surface area contributed by atoms with Gasteiger partial charge >= 0.3 is 0 Å². The Morgan fingerprint density at radius 2 is 1.88 bits per heavy atom. The maximum atomic E-state index is 12.1. The third-order valence-corrected chi connectivity index (χ3v) is 5.38. The van der Waals surface area contributed by atoms with Crippen molar-refractivity contribution in [3.8, 4) is 0 Å². The van der Waals surface area contributed by atoms with Gasteiger partial charge in [0.05, 0.1) is 25.4 Å². The number of carbonyl (C=O) groups excluding carboxylic acids is 2. The van der Waals surface area contributed by atoms with Crippen molar-refractivity contribution < 1.29 is 14.7 Å². The van der Waals surface area contributed by atoms with Gasteiger partial charge in [-0.05, 0) is 31.9 Å². The van der Waals surface area contributed by atoms with Gasteiger partial charge in [0.25, 0.3) is 0 Å². The van der Waals surface area contributed by atoms with Gasteiger partial charge in [-0.1, -0.05) is 74.1 Å². The van der Waals surface area contributed by atoms with Gasteiger partial charge in [0.1, 0.15) is 12.6 Å². The van der Waals surface area contributed by atoms with Crippen molar-refractivity contribution in [2.45, 2.75) is 51.9 Å². The van der Waals surface area contributed by atoms with Crippen LogP contribution < -0.4 is 0 Å². The van der Waals surface area contributed by atoms with E-state index in [1.54, 1.807) is 12.2 Å². The van der Waals surface area contributed by atoms with E-state index in [0.717, 1.165) is 36.6 Å². The lowest BCUT2D eigenvalue weighted by atomic mass is 10.0. The number of aldehydes is 2. The maximum Gasteiger partial charge on any atom is 0.137 e. The molecule has 1 N–H and O–H groups in total. The first-order chi connectivity index (χ1) is 15.6. The van der Waals surface area contributed by atoms with E-state index < -0.39 is 0 Å². The molecule has 0 aliphatic carbocycles. The monoisotopic (exact) mass is 441 g/mol. The number of nitrogens with zero attached hydrogens (tertiary/aromatic N) is 3. The second-order valence-electron chi connectivity index (χ2n) is 7.64. The molecule has 0 fully saturated rings. The molecule has 32 heavy (non-hydrogen) atoms. The van der Waals surface area contributed by atoms with E-state index in [4.69, 9.17) is 5.11 Å². The minimum atomic E-state index is -0.346. The maximum absolute atomic E-state index is 12.1. The van der Waals surface area contributed by atoms with Gasteiger partial charge in [-0.2, -0.15) is 0 Å². The number of hydrogen-bond acceptors (Lipinski definition) is 6. The Labute approximate surface area is 193 Å². The van der Waals surface area contributed by atoms with Gasteiger partial charge in [0.2, 0.25) is 0 Å². The summed E-state index contributed by atoms with van der Waals surface area (Å²) >= 11 is 0. The van der Waals surface area contributed by atoms with Crippen molar-refractivity contribution in [2.24, 2.45) is 0 Å². The summed E-state index contributed by atoms with van der Waals surface area (Å²) in [6.07, 6.45) is 11.4. The highest BCUT2D eigenvalue weighted by molar-refractivity contribution is 5.58. The molecule has 6 heteroatoms. The van der Waals surface area contributed by atoms with Crippen molar-refractivity contribution >= 4 is 12.6 Å². The molecule has 1 aromatic rings. The number of allylic oxidation sites excluding steroid dienone is 2. The zero-order valence-electron chi connectivity index (χ0n) is 19.8. The summed E-state index contributed by atoms with van der Waals surface area (Å²) in [6, 6.07) is 9.76. The van der Waals surface area contributed by atoms with Gasteiger partial charge < -0.3 is 14.7 Å². The highest BCUT2D eigenvalue weighted by Crippen LogP contribution is 2.21. The van der Waals surface area contributed by atoms with Gasteiger partial charge in [0.15, 0.2) is 0 Å². The summed E-state index contributed by atoms with van der Waals surface area (Å²) in [7, 11) is 1.96. The molecule has 0 amide bonds. The van der Waals surface area contributed by atoms with Crippen LogP contribution in [0.25, 0.3) is 0 Å². The molecule has 0 spiro atoms. The molecule has 1 rings (SSSR count). The van der Waals surface area contributed by atoms with Crippen LogP contribution in [0.3, 0.4) is 0 Å². The zero-order valence-corrected chi connectivity index (χ0v) is 19.8. The second-order valence-corrected chi connectivity index (χ2v) is 7.64. The van der Waals surface area contributed by atoms with E-state index in [1.807, 2.05) is 36.3 Å². The van der Waals surface area contributed by atoms with Crippen LogP contribution in [0.2, 0.25) is 0 Å². The molecule has 1 unspecified atom stereocenters. The minimum Gasteiger partial charge on any atom is -0.392 e. The molecule has 0 heterocycles. The fraction of sp³-hybridized carbons (Fsp3) is 0.462. The SMILES string of the molecule is C=CCN(CC=O)N(Cc1ccccc1)C(CC)N(C)[C@H](C=O)CC(/C=C\CO)=C/CC. The highest BCUT2D eigenvalue weighted by atomic mass is 16.2. The van der Waals surface area contributed by atoms with E-state index >= 15 is 0 Å². The number of carbonyl (C=O) groups is 2. The summed E-state index contributed by atoms with van der Waals surface area (Å²) in [5.41, 5.74) is 2.14. The van der Waals surface area contributed by atoms with Crippen LogP contribution in [0.15, 0.2) is 66.8 Å². The third-order valence-electron chi connectivity index (χ3n) is 5.38. The van der Waals surface area contributed by atoms with Crippen LogP contribution in [-0.2, 0) is 16.1 Å². The molecule has 176 valence electrons. The van der Waals surface area contributed by atoms with E-state index in [9.17, 15) is 9.59 Å². The predicted molar refractivity (Wildman–Crippen MR) is 131 cm³/mol. The van der Waals surface area contributed by atoms with Crippen molar-refractivity contribution in [2.75, 3.05) is 26.7 Å². The number of aliphatic hydroxyl groups excluding tert-OH is 1. The molecule has 0 saturated heterocycles. The normalized spacial score (nSPS) is 14.3. The van der Waals surface area contributed by atoms with Crippen molar-refractivity contribution in [1.82, 2.24) is 14.9 Å². The predicted octanol–water partition coefficient (Wildman–Crippen LogP) is 3.60. The fourth-order valence-corrected chi connectivity index (χ4v) is 3.83. The Bertz CT molecular complexity index is 723. The van der Waals surface area contributed by atoms with Gasteiger partial charge in [0, 0.05) is 13.1 Å². The number of benzene rings is 1. The molecule has 0 aromatic heterocycles. The lowest BCUT2D eigenvalue weighted by molar-refractivity contribution is -0.137. The molecular formula is C26H39N3O3. The quantitative estimate of drug-likeness (QED) is 0.131. The molecule has 0 bridgehead atoms. The minimum absolute atomic E-state index is 0.0344. The third kappa shape index (κ3) is 9.01. The van der Waals surface area contributed by atoms with E-state index in [0.29, 0.717) is 19.5 Å². The van der Waals surface area contributed by atoms with Crippen molar-refractivity contribution in [3.63, 3.8) is 0 Å². The summed E-state index contributed by atoms with van der Waals surface area (Å²) < 4.78 is 0. The first-order valence-corrected chi connectivity index (χ1v) is 11.3. The average Bonchev–Trinajstić information content (AvgIpc) is 2.81. The Morgan fingerprint density at radius 1 is 1.16 bits per heavy atom. The molecule has 1 aromatic carbocycles. The van der Waals surface area contributed by atoms with E-state index in [2.05, 4.69) is 48.5 Å². The standard InChI is InChI=1S/C26H39N3O3/c1-5-12-23(15-11-18-30)20-25(22-32)27(4)26(7-3)29(28(16-6-2)17-19-31)21-24-13-9-8-10-14-24/h6,8-15,19,22,25-26,30H,2,5,7,16-18,20-21H2,1,3-4H3/b15-11-,23-12+/t25-,26?/m0/s1. The molecule has 2 atom stereocenters. The Balaban J connectivity index is 3.25. The second kappa shape index (κ2) is 16.3. The Morgan fingerprint density at radius 3 is 2.41 bits per heavy atom. The number of aliphatic hydroxyl groups is 1. The number of hydrazine groups is 1. The molecule has 0 radical (unpaired) electrons. The summed E-state index contributed by atoms with van der Waals surface area (Å²) in [5.74, 6) is 0. The van der Waals surface area contributed by atoms with Gasteiger partial charge in [-0.3, -0.25) is 4.90 Å². The Kier molecular flexibility index (Phi) is 14.1. The summed E-state index contributed by atoms with van der Waals surface area (Å²) in [6.45, 7) is 9.34. The summed E-state index contributed by atoms with van der Waals surface area (Å²) in [5, 5.41) is 13.3. The van der Waals surface area contributed by atoms with Crippen LogP contribution in [0, 0.1) is 0 Å². The topological polar surface area (TPSA) is 64.1 Å². The van der Waals surface area contributed by atoms with Crippen molar-refractivity contribution in [1.29, 1.82) is 0 Å². The van der Waals surface area contributed by atoms with E-state index in [-0.39, 0.29) is 25.4 Å². The van der Waals surface area contributed by atoms with Crippen LogP contribution in [0.5, 0.6) is 0 Å². The molecule has 0 saturated carbocycles. The lowest BCUT2D eigenvalue weighted by Gasteiger charge is -2.44. The fourth-order valence-electron chi connectivity index (χ4n) is 3.83. The molecular weight excluding hydrogens is 402 g/mol. The first-order valence-electron chi connectivity index (χ1n) is 11.3. The number of likely N-dealkylation sites (N-methyl/N-ethyl adjacent to an activating group) is 1. The van der Waals surface area contributed by atoms with Crippen LogP contribution >= 0.6 is 0 Å².